The maximum Gasteiger partial charge on any atom is 0.330 e. The van der Waals surface area contributed by atoms with Gasteiger partial charge in [-0.25, -0.2) is 4.79 Å². The van der Waals surface area contributed by atoms with Gasteiger partial charge < -0.3 is 10.5 Å². The van der Waals surface area contributed by atoms with Crippen molar-refractivity contribution in [2.75, 3.05) is 7.11 Å². The molecule has 2 N–H and O–H groups in total. The first-order valence-electron chi connectivity index (χ1n) is 4.62. The molecule has 0 radical (unpaired) electrons. The molecule has 0 spiro atoms. The van der Waals surface area contributed by atoms with Crippen molar-refractivity contribution in [3.63, 3.8) is 0 Å². The monoisotopic (exact) mass is 211 g/mol. The molecule has 1 aromatic rings. The van der Waals surface area contributed by atoms with E-state index >= 15 is 0 Å². The van der Waals surface area contributed by atoms with Gasteiger partial charge in [-0.2, -0.15) is 0 Å². The number of ether oxygens (including phenoxy) is 1. The predicted octanol–water partition coefficient (Wildman–Crippen LogP) is 1.41. The lowest BCUT2D eigenvalue weighted by atomic mass is 9.81. The number of carbonyl (C=O) groups is 1. The van der Waals surface area contributed by atoms with Gasteiger partial charge in [-0.3, -0.25) is 0 Å². The first-order chi connectivity index (χ1) is 6.68. The van der Waals surface area contributed by atoms with Gasteiger partial charge in [0.2, 0.25) is 0 Å². The van der Waals surface area contributed by atoms with Crippen LogP contribution in [-0.4, -0.2) is 13.1 Å². The van der Waals surface area contributed by atoms with Gasteiger partial charge in [0.15, 0.2) is 0 Å². The quantitative estimate of drug-likeness (QED) is 0.715. The number of fused-ring (bicyclic) bond motifs is 1. The highest BCUT2D eigenvalue weighted by atomic mass is 32.1. The number of esters is 1. The summed E-state index contributed by atoms with van der Waals surface area (Å²) in [5.41, 5.74) is 6.16. The highest BCUT2D eigenvalue weighted by Gasteiger charge is 2.41. The molecule has 1 aliphatic carbocycles. The maximum absolute atomic E-state index is 11.6. The summed E-state index contributed by atoms with van der Waals surface area (Å²) in [6.07, 6.45) is 2.67. The molecule has 1 heterocycles. The minimum Gasteiger partial charge on any atom is -0.467 e. The standard InChI is InChI=1S/C10H13NO2S/c1-13-9(12)10(11)5-2-3-8-7(10)4-6-14-8/h4,6H,2-3,5,11H2,1H3. The van der Waals surface area contributed by atoms with E-state index in [1.54, 1.807) is 11.3 Å². The molecule has 0 fully saturated rings. The van der Waals surface area contributed by atoms with Gasteiger partial charge in [0.1, 0.15) is 5.54 Å². The predicted molar refractivity (Wildman–Crippen MR) is 55.1 cm³/mol. The molecular formula is C10H13NO2S. The summed E-state index contributed by atoms with van der Waals surface area (Å²) in [5, 5.41) is 1.99. The third-order valence-corrected chi connectivity index (χ3v) is 3.73. The second-order valence-corrected chi connectivity index (χ2v) is 4.57. The fourth-order valence-corrected chi connectivity index (χ4v) is 3.00. The van der Waals surface area contributed by atoms with Gasteiger partial charge >= 0.3 is 5.97 Å². The second-order valence-electron chi connectivity index (χ2n) is 3.57. The fraction of sp³-hybridized carbons (Fsp3) is 0.500. The number of carbonyl (C=O) groups excluding carboxylic acids is 1. The van der Waals surface area contributed by atoms with E-state index in [4.69, 9.17) is 10.5 Å². The third kappa shape index (κ3) is 1.26. The van der Waals surface area contributed by atoms with E-state index in [-0.39, 0.29) is 5.97 Å². The topological polar surface area (TPSA) is 52.3 Å². The van der Waals surface area contributed by atoms with Crippen molar-refractivity contribution in [1.29, 1.82) is 0 Å². The van der Waals surface area contributed by atoms with E-state index in [1.807, 2.05) is 11.4 Å². The number of hydrogen-bond acceptors (Lipinski definition) is 4. The highest BCUT2D eigenvalue weighted by Crippen LogP contribution is 2.37. The number of nitrogens with two attached hydrogens (primary N) is 1. The summed E-state index contributed by atoms with van der Waals surface area (Å²) in [7, 11) is 1.39. The summed E-state index contributed by atoms with van der Waals surface area (Å²) in [6.45, 7) is 0. The highest BCUT2D eigenvalue weighted by molar-refractivity contribution is 7.10. The van der Waals surface area contributed by atoms with Gasteiger partial charge in [-0.15, -0.1) is 11.3 Å². The van der Waals surface area contributed by atoms with Crippen molar-refractivity contribution in [2.24, 2.45) is 5.73 Å². The van der Waals surface area contributed by atoms with E-state index in [0.717, 1.165) is 18.4 Å². The van der Waals surface area contributed by atoms with Crippen molar-refractivity contribution in [3.8, 4) is 0 Å². The number of aryl methyl sites for hydroxylation is 1. The molecule has 4 heteroatoms. The molecule has 76 valence electrons. The number of rotatable bonds is 1. The van der Waals surface area contributed by atoms with Crippen LogP contribution in [0.1, 0.15) is 23.3 Å². The number of thiophene rings is 1. The SMILES string of the molecule is COC(=O)C1(N)CCCc2sccc21. The van der Waals surface area contributed by atoms with Crippen molar-refractivity contribution in [2.45, 2.75) is 24.8 Å². The molecule has 0 saturated heterocycles. The minimum absolute atomic E-state index is 0.322. The Balaban J connectivity index is 2.44. The van der Waals surface area contributed by atoms with Crippen LogP contribution in [0.2, 0.25) is 0 Å². The van der Waals surface area contributed by atoms with Crippen LogP contribution in [0.5, 0.6) is 0 Å². The Bertz CT molecular complexity index is 361. The zero-order chi connectivity index (χ0) is 10.2. The molecule has 1 unspecified atom stereocenters. The third-order valence-electron chi connectivity index (χ3n) is 2.75. The molecule has 1 aliphatic rings. The van der Waals surface area contributed by atoms with Gasteiger partial charge in [0.05, 0.1) is 7.11 Å². The molecule has 0 aliphatic heterocycles. The van der Waals surface area contributed by atoms with Crippen molar-refractivity contribution < 1.29 is 9.53 Å². The van der Waals surface area contributed by atoms with Crippen LogP contribution >= 0.6 is 11.3 Å². The van der Waals surface area contributed by atoms with Crippen LogP contribution in [0.15, 0.2) is 11.4 Å². The van der Waals surface area contributed by atoms with Crippen molar-refractivity contribution >= 4 is 17.3 Å². The molecule has 1 atom stereocenters. The Kier molecular flexibility index (Phi) is 2.33. The average molecular weight is 211 g/mol. The van der Waals surface area contributed by atoms with Crippen LogP contribution in [0.25, 0.3) is 0 Å². The lowest BCUT2D eigenvalue weighted by molar-refractivity contribution is -0.148. The summed E-state index contributed by atoms with van der Waals surface area (Å²) in [6, 6.07) is 1.94. The zero-order valence-corrected chi connectivity index (χ0v) is 8.89. The molecule has 0 saturated carbocycles. The molecule has 3 nitrogen and oxygen atoms in total. The molecule has 14 heavy (non-hydrogen) atoms. The first-order valence-corrected chi connectivity index (χ1v) is 5.50. The average Bonchev–Trinajstić information content (AvgIpc) is 2.66. The smallest absolute Gasteiger partial charge is 0.330 e. The van der Waals surface area contributed by atoms with E-state index in [9.17, 15) is 4.79 Å². The Morgan fingerprint density at radius 1 is 1.71 bits per heavy atom. The molecule has 1 aromatic heterocycles. The van der Waals surface area contributed by atoms with Crippen LogP contribution in [-0.2, 0) is 21.5 Å². The van der Waals surface area contributed by atoms with E-state index in [1.165, 1.54) is 12.0 Å². The van der Waals surface area contributed by atoms with Crippen molar-refractivity contribution in [3.05, 3.63) is 21.9 Å². The maximum atomic E-state index is 11.6. The molecule has 0 bridgehead atoms. The minimum atomic E-state index is -0.900. The Labute approximate surface area is 86.9 Å². The summed E-state index contributed by atoms with van der Waals surface area (Å²) in [5.74, 6) is -0.322. The number of methoxy groups -OCH3 is 1. The van der Waals surface area contributed by atoms with Gasteiger partial charge in [-0.1, -0.05) is 0 Å². The Hall–Kier alpha value is -0.870. The van der Waals surface area contributed by atoms with Crippen LogP contribution in [0.3, 0.4) is 0 Å². The largest absolute Gasteiger partial charge is 0.467 e. The lowest BCUT2D eigenvalue weighted by Gasteiger charge is -2.30. The number of hydrogen-bond donors (Lipinski definition) is 1. The first kappa shape index (κ1) is 9.68. The summed E-state index contributed by atoms with van der Waals surface area (Å²) < 4.78 is 4.76. The van der Waals surface area contributed by atoms with Crippen LogP contribution in [0.4, 0.5) is 0 Å². The normalized spacial score (nSPS) is 25.6. The molecular weight excluding hydrogens is 198 g/mol. The van der Waals surface area contributed by atoms with Gasteiger partial charge in [0.25, 0.3) is 0 Å². The second kappa shape index (κ2) is 3.37. The van der Waals surface area contributed by atoms with E-state index < -0.39 is 5.54 Å². The summed E-state index contributed by atoms with van der Waals surface area (Å²) in [4.78, 5) is 12.8. The molecule has 2 rings (SSSR count). The van der Waals surface area contributed by atoms with E-state index in [0.29, 0.717) is 6.42 Å². The van der Waals surface area contributed by atoms with Crippen LogP contribution < -0.4 is 5.73 Å². The van der Waals surface area contributed by atoms with Gasteiger partial charge in [-0.05, 0) is 36.3 Å². The lowest BCUT2D eigenvalue weighted by Crippen LogP contribution is -2.47. The van der Waals surface area contributed by atoms with Crippen LogP contribution in [0, 0.1) is 0 Å². The van der Waals surface area contributed by atoms with E-state index in [2.05, 4.69) is 0 Å². The molecule has 0 amide bonds. The Morgan fingerprint density at radius 3 is 3.21 bits per heavy atom. The van der Waals surface area contributed by atoms with Crippen molar-refractivity contribution in [1.82, 2.24) is 0 Å². The zero-order valence-electron chi connectivity index (χ0n) is 8.08. The summed E-state index contributed by atoms with van der Waals surface area (Å²) >= 11 is 1.67. The fourth-order valence-electron chi connectivity index (χ4n) is 1.99. The molecule has 0 aromatic carbocycles. The van der Waals surface area contributed by atoms with Gasteiger partial charge in [0, 0.05) is 4.88 Å². The Morgan fingerprint density at radius 2 is 2.50 bits per heavy atom.